The minimum absolute atomic E-state index is 0.988. The first-order valence-electron chi connectivity index (χ1n) is 17.0. The Labute approximate surface area is 275 Å². The van der Waals surface area contributed by atoms with Gasteiger partial charge >= 0.3 is 34.2 Å². The molecule has 0 aromatic heterocycles. The Kier molecular flexibility index (Phi) is 23.6. The molecule has 0 saturated carbocycles. The first-order valence-corrected chi connectivity index (χ1v) is 31.7. The van der Waals surface area contributed by atoms with Crippen LogP contribution in [0.4, 0.5) is 0 Å². The first kappa shape index (κ1) is 41.6. The molecule has 0 radical (unpaired) electrons. The summed E-state index contributed by atoms with van der Waals surface area (Å²) in [6.07, 6.45) is 8.38. The lowest BCUT2D eigenvalue weighted by Crippen LogP contribution is -2.64. The molecule has 42 heavy (non-hydrogen) atoms. The van der Waals surface area contributed by atoms with Gasteiger partial charge in [0.2, 0.25) is 0 Å². The molecule has 1 rings (SSSR count). The van der Waals surface area contributed by atoms with Crippen LogP contribution in [0.5, 0.6) is 0 Å². The third kappa shape index (κ3) is 15.0. The summed E-state index contributed by atoms with van der Waals surface area (Å²) >= 11 is 0. The van der Waals surface area contributed by atoms with E-state index in [0.717, 1.165) is 99.7 Å². The van der Waals surface area contributed by atoms with E-state index in [4.69, 9.17) is 37.0 Å². The second-order valence-electron chi connectivity index (χ2n) is 11.6. The Hall–Kier alpha value is 1.59. The van der Waals surface area contributed by atoms with Crippen LogP contribution in [-0.4, -0.2) is 84.3 Å². The van der Waals surface area contributed by atoms with Gasteiger partial charge in [-0.1, -0.05) is 107 Å². The predicted octanol–water partition coefficient (Wildman–Crippen LogP) is 4.19. The SMILES string of the molecule is CCC[Si]1(CCC)O[SiH2]O[SiH2]O[SiH2]O[SiH2]O[SiH2]O[Si](CCC)(CCC)O[Si](CCC)(CCC)O[Si](CCC)(CCC)O1. The second-order valence-corrected chi connectivity index (χ2v) is 35.4. The van der Waals surface area contributed by atoms with Crippen LogP contribution in [0.15, 0.2) is 0 Å². The smallest absolute Gasteiger partial charge is 0.320 e. The quantitative estimate of drug-likeness (QED) is 0.216. The summed E-state index contributed by atoms with van der Waals surface area (Å²) in [5.74, 6) is 0. The third-order valence-electron chi connectivity index (χ3n) is 7.47. The molecule has 1 heterocycles. The van der Waals surface area contributed by atoms with Crippen LogP contribution < -0.4 is 0 Å². The normalized spacial score (nSPS) is 25.1. The molecule has 0 spiro atoms. The molecular formula is C24H66O9Si9. The van der Waals surface area contributed by atoms with Crippen LogP contribution in [0.1, 0.15) is 107 Å². The van der Waals surface area contributed by atoms with Gasteiger partial charge in [-0.2, -0.15) is 0 Å². The fraction of sp³-hybridized carbons (Fsp3) is 1.00. The molecule has 0 bridgehead atoms. The van der Waals surface area contributed by atoms with E-state index in [0.29, 0.717) is 0 Å². The average molecular weight is 752 g/mol. The van der Waals surface area contributed by atoms with E-state index in [1.54, 1.807) is 0 Å². The summed E-state index contributed by atoms with van der Waals surface area (Å²) in [5, 5.41) is 0. The van der Waals surface area contributed by atoms with Crippen LogP contribution in [0.3, 0.4) is 0 Å². The highest BCUT2D eigenvalue weighted by molar-refractivity contribution is 6.91. The van der Waals surface area contributed by atoms with E-state index in [1.165, 1.54) is 0 Å². The van der Waals surface area contributed by atoms with Gasteiger partial charge in [0, 0.05) is 0 Å². The molecule has 0 atom stereocenters. The molecule has 0 unspecified atom stereocenters. The van der Waals surface area contributed by atoms with Crippen molar-refractivity contribution in [2.24, 2.45) is 0 Å². The molecule has 1 aliphatic rings. The maximum atomic E-state index is 7.79. The van der Waals surface area contributed by atoms with E-state index in [1.807, 2.05) is 0 Å². The van der Waals surface area contributed by atoms with Gasteiger partial charge in [-0.3, -0.25) is 0 Å². The zero-order valence-corrected chi connectivity index (χ0v) is 39.6. The molecule has 1 saturated heterocycles. The largest absolute Gasteiger partial charge is 0.425 e. The van der Waals surface area contributed by atoms with E-state index >= 15 is 0 Å². The van der Waals surface area contributed by atoms with Crippen LogP contribution in [-0.2, 0) is 37.0 Å². The van der Waals surface area contributed by atoms with Crippen molar-refractivity contribution in [1.29, 1.82) is 0 Å². The highest BCUT2D eigenvalue weighted by atomic mass is 28.5. The van der Waals surface area contributed by atoms with Gasteiger partial charge in [-0.05, 0) is 48.4 Å². The molecular weight excluding hydrogens is 685 g/mol. The first-order chi connectivity index (χ1) is 20.3. The summed E-state index contributed by atoms with van der Waals surface area (Å²) in [6.45, 7) is 18.2. The van der Waals surface area contributed by atoms with Gasteiger partial charge in [-0.25, -0.2) is 0 Å². The van der Waals surface area contributed by atoms with Gasteiger partial charge in [0.15, 0.2) is 0 Å². The van der Waals surface area contributed by atoms with Gasteiger partial charge in [0.1, 0.15) is 0 Å². The van der Waals surface area contributed by atoms with Crippen molar-refractivity contribution in [1.82, 2.24) is 0 Å². The predicted molar refractivity (Wildman–Crippen MR) is 196 cm³/mol. The highest BCUT2D eigenvalue weighted by Crippen LogP contribution is 2.40. The van der Waals surface area contributed by atoms with Gasteiger partial charge in [-0.15, -0.1) is 0 Å². The lowest BCUT2D eigenvalue weighted by molar-refractivity contribution is 0.244. The molecule has 252 valence electrons. The third-order valence-corrected chi connectivity index (χ3v) is 37.0. The molecule has 0 aromatic rings. The zero-order valence-electron chi connectivity index (χ0n) is 28.5. The maximum absolute atomic E-state index is 7.79. The standard InChI is InChI=1S/C24H66O9Si9/c1-9-17-39(18-10-2)29-37-27-35-25-34-26-36-28-38-30-40(19-11-3,20-12-4)32-42(23-15-7,24-16-8)33-41(31-39,21-13-5)22-14-6/h9-24,34-38H2,1-8H3. The van der Waals surface area contributed by atoms with Crippen LogP contribution >= 0.6 is 0 Å². The number of hydrogen-bond donors (Lipinski definition) is 0. The maximum Gasteiger partial charge on any atom is 0.320 e. The van der Waals surface area contributed by atoms with Gasteiger partial charge in [0.05, 0.1) is 0 Å². The molecule has 0 aliphatic carbocycles. The monoisotopic (exact) mass is 750 g/mol. The Balaban J connectivity index is 3.76. The van der Waals surface area contributed by atoms with Crippen molar-refractivity contribution >= 4 is 84.3 Å². The molecule has 0 N–H and O–H groups in total. The van der Waals surface area contributed by atoms with E-state index in [9.17, 15) is 0 Å². The molecule has 18 heteroatoms. The van der Waals surface area contributed by atoms with Crippen LogP contribution in [0, 0.1) is 0 Å². The van der Waals surface area contributed by atoms with Crippen LogP contribution in [0.2, 0.25) is 48.4 Å². The highest BCUT2D eigenvalue weighted by Gasteiger charge is 2.55. The summed E-state index contributed by atoms with van der Waals surface area (Å²) in [4.78, 5) is 0. The van der Waals surface area contributed by atoms with Crippen molar-refractivity contribution in [2.75, 3.05) is 0 Å². The summed E-state index contributed by atoms with van der Waals surface area (Å²) < 4.78 is 60.7. The Bertz CT molecular complexity index is 597. The van der Waals surface area contributed by atoms with Crippen molar-refractivity contribution in [2.45, 2.75) is 155 Å². The van der Waals surface area contributed by atoms with Crippen molar-refractivity contribution in [3.8, 4) is 0 Å². The summed E-state index contributed by atoms with van der Waals surface area (Å²) in [7, 11) is -16.1. The summed E-state index contributed by atoms with van der Waals surface area (Å²) in [6, 6.07) is 7.90. The van der Waals surface area contributed by atoms with E-state index in [-0.39, 0.29) is 0 Å². The van der Waals surface area contributed by atoms with Crippen molar-refractivity contribution in [3.05, 3.63) is 0 Å². The topological polar surface area (TPSA) is 83.1 Å². The van der Waals surface area contributed by atoms with Gasteiger partial charge in [0.25, 0.3) is 50.0 Å². The van der Waals surface area contributed by atoms with E-state index in [2.05, 4.69) is 55.4 Å². The van der Waals surface area contributed by atoms with Crippen molar-refractivity contribution in [3.63, 3.8) is 0 Å². The minimum atomic E-state index is -2.70. The number of hydrogen-bond acceptors (Lipinski definition) is 9. The Morgan fingerprint density at radius 2 is 0.524 bits per heavy atom. The number of rotatable bonds is 16. The summed E-state index contributed by atoms with van der Waals surface area (Å²) in [5.41, 5.74) is 0. The van der Waals surface area contributed by atoms with Crippen molar-refractivity contribution < 1.29 is 37.0 Å². The molecule has 9 nitrogen and oxygen atoms in total. The zero-order chi connectivity index (χ0) is 31.2. The van der Waals surface area contributed by atoms with Gasteiger partial charge < -0.3 is 37.0 Å². The Morgan fingerprint density at radius 3 is 0.786 bits per heavy atom. The van der Waals surface area contributed by atoms with E-state index < -0.39 is 84.3 Å². The molecule has 1 aliphatic heterocycles. The fourth-order valence-corrected chi connectivity index (χ4v) is 40.8. The Morgan fingerprint density at radius 1 is 0.310 bits per heavy atom. The average Bonchev–Trinajstić information content (AvgIpc) is 2.92. The van der Waals surface area contributed by atoms with Crippen LogP contribution in [0.25, 0.3) is 0 Å². The minimum Gasteiger partial charge on any atom is -0.425 e. The molecule has 0 amide bonds. The second kappa shape index (κ2) is 23.8. The lowest BCUT2D eigenvalue weighted by atomic mass is 10.6. The fourth-order valence-electron chi connectivity index (χ4n) is 6.18. The molecule has 1 fully saturated rings. The molecule has 0 aromatic carbocycles. The lowest BCUT2D eigenvalue weighted by Gasteiger charge is -2.48.